The number of likely N-dealkylation sites (tertiary alicyclic amines) is 2. The number of carbonyl (C=O) groups is 2. The zero-order chi connectivity index (χ0) is 27.1. The van der Waals surface area contributed by atoms with Crippen molar-refractivity contribution >= 4 is 23.4 Å². The van der Waals surface area contributed by atoms with E-state index < -0.39 is 29.4 Å². The van der Waals surface area contributed by atoms with Gasteiger partial charge < -0.3 is 10.6 Å². The zero-order valence-electron chi connectivity index (χ0n) is 21.9. The lowest BCUT2D eigenvalue weighted by atomic mass is 9.82. The van der Waals surface area contributed by atoms with Crippen LogP contribution in [-0.2, 0) is 9.59 Å². The van der Waals surface area contributed by atoms with Gasteiger partial charge in [-0.15, -0.1) is 0 Å². The second-order valence-electron chi connectivity index (χ2n) is 11.5. The van der Waals surface area contributed by atoms with E-state index in [0.717, 1.165) is 30.0 Å². The third-order valence-electron chi connectivity index (χ3n) is 8.14. The fourth-order valence-corrected chi connectivity index (χ4v) is 5.99. The standard InChI is InChI=1S/C29H36ClF2N3O2/c1-17(27(33)36)23-13-19(30)5-7-21(23)18-9-11-34(12-10-18)28(37)25-16-35(29(2,3)4)15-24(25)22-8-6-20(31)14-26(22)32/h5-8,13-14,17-18,24-25H,9-12,15-16H2,1-4H3,(H2,33,36)/t17-,24?,25?/m1/s1. The number of amides is 2. The van der Waals surface area contributed by atoms with E-state index in [2.05, 4.69) is 25.7 Å². The highest BCUT2D eigenvalue weighted by molar-refractivity contribution is 6.30. The van der Waals surface area contributed by atoms with Crippen molar-refractivity contribution in [2.24, 2.45) is 11.7 Å². The first-order valence-corrected chi connectivity index (χ1v) is 13.3. The summed E-state index contributed by atoms with van der Waals surface area (Å²) < 4.78 is 28.4. The van der Waals surface area contributed by atoms with Gasteiger partial charge in [-0.05, 0) is 81.3 Å². The molecule has 0 aliphatic carbocycles. The predicted molar refractivity (Wildman–Crippen MR) is 142 cm³/mol. The van der Waals surface area contributed by atoms with Gasteiger partial charge in [0.15, 0.2) is 0 Å². The number of nitrogens with zero attached hydrogens (tertiary/aromatic N) is 2. The molecule has 4 rings (SSSR count). The van der Waals surface area contributed by atoms with Crippen molar-refractivity contribution in [1.82, 2.24) is 9.80 Å². The largest absolute Gasteiger partial charge is 0.369 e. The molecule has 0 bridgehead atoms. The first kappa shape index (κ1) is 27.5. The Morgan fingerprint density at radius 2 is 1.68 bits per heavy atom. The molecule has 2 unspecified atom stereocenters. The number of rotatable bonds is 5. The highest BCUT2D eigenvalue weighted by Gasteiger charge is 2.44. The highest BCUT2D eigenvalue weighted by atomic mass is 35.5. The Hall–Kier alpha value is -2.51. The summed E-state index contributed by atoms with van der Waals surface area (Å²) in [6, 6.07) is 9.25. The molecule has 0 aromatic heterocycles. The molecule has 200 valence electrons. The molecule has 2 aromatic rings. The van der Waals surface area contributed by atoms with Crippen LogP contribution in [0.25, 0.3) is 0 Å². The maximum Gasteiger partial charge on any atom is 0.227 e. The third kappa shape index (κ3) is 5.83. The molecule has 5 nitrogen and oxygen atoms in total. The maximum atomic E-state index is 14.8. The summed E-state index contributed by atoms with van der Waals surface area (Å²) in [4.78, 5) is 29.8. The second-order valence-corrected chi connectivity index (χ2v) is 11.9. The van der Waals surface area contributed by atoms with Crippen molar-refractivity contribution in [1.29, 1.82) is 0 Å². The Morgan fingerprint density at radius 1 is 1.03 bits per heavy atom. The van der Waals surface area contributed by atoms with Crippen LogP contribution in [0.5, 0.6) is 0 Å². The Labute approximate surface area is 222 Å². The predicted octanol–water partition coefficient (Wildman–Crippen LogP) is 5.43. The van der Waals surface area contributed by atoms with Crippen molar-refractivity contribution in [3.05, 3.63) is 69.7 Å². The van der Waals surface area contributed by atoms with Crippen molar-refractivity contribution in [2.45, 2.75) is 63.8 Å². The number of primary amides is 1. The first-order chi connectivity index (χ1) is 17.4. The van der Waals surface area contributed by atoms with E-state index in [1.807, 2.05) is 23.1 Å². The van der Waals surface area contributed by atoms with Gasteiger partial charge in [-0.25, -0.2) is 8.78 Å². The monoisotopic (exact) mass is 531 g/mol. The molecular formula is C29H36ClF2N3O2. The molecule has 2 aromatic carbocycles. The molecule has 0 saturated carbocycles. The zero-order valence-corrected chi connectivity index (χ0v) is 22.7. The lowest BCUT2D eigenvalue weighted by molar-refractivity contribution is -0.136. The summed E-state index contributed by atoms with van der Waals surface area (Å²) in [6.07, 6.45) is 1.49. The number of halogens is 3. The van der Waals surface area contributed by atoms with Gasteiger partial charge in [0.05, 0.1) is 11.8 Å². The Kier molecular flexibility index (Phi) is 7.96. The Balaban J connectivity index is 1.53. The molecule has 2 aliphatic heterocycles. The van der Waals surface area contributed by atoms with E-state index in [4.69, 9.17) is 17.3 Å². The van der Waals surface area contributed by atoms with Gasteiger partial charge in [0.1, 0.15) is 11.6 Å². The van der Waals surface area contributed by atoms with Gasteiger partial charge in [0.25, 0.3) is 0 Å². The van der Waals surface area contributed by atoms with Gasteiger partial charge >= 0.3 is 0 Å². The molecule has 3 atom stereocenters. The molecule has 2 amide bonds. The summed E-state index contributed by atoms with van der Waals surface area (Å²) >= 11 is 6.21. The van der Waals surface area contributed by atoms with Gasteiger partial charge in [-0.2, -0.15) is 0 Å². The van der Waals surface area contributed by atoms with Crippen LogP contribution in [0.2, 0.25) is 5.02 Å². The van der Waals surface area contributed by atoms with Crippen LogP contribution in [-0.4, -0.2) is 53.3 Å². The van der Waals surface area contributed by atoms with Crippen LogP contribution in [0, 0.1) is 17.6 Å². The van der Waals surface area contributed by atoms with Crippen molar-refractivity contribution in [3.8, 4) is 0 Å². The summed E-state index contributed by atoms with van der Waals surface area (Å²) in [5, 5.41) is 0.558. The fourth-order valence-electron chi connectivity index (χ4n) is 5.81. The van der Waals surface area contributed by atoms with Gasteiger partial charge in [0, 0.05) is 48.7 Å². The maximum absolute atomic E-state index is 14.8. The number of piperidine rings is 1. The normalized spacial score (nSPS) is 22.3. The summed E-state index contributed by atoms with van der Waals surface area (Å²) in [5.74, 6) is -2.64. The minimum atomic E-state index is -0.621. The summed E-state index contributed by atoms with van der Waals surface area (Å²) in [5.41, 5.74) is 7.69. The van der Waals surface area contributed by atoms with Crippen LogP contribution in [0.4, 0.5) is 8.78 Å². The van der Waals surface area contributed by atoms with Crippen molar-refractivity contribution < 1.29 is 18.4 Å². The van der Waals surface area contributed by atoms with E-state index in [0.29, 0.717) is 36.8 Å². The lowest BCUT2D eigenvalue weighted by Gasteiger charge is -2.36. The molecule has 0 spiro atoms. The molecular weight excluding hydrogens is 496 g/mol. The lowest BCUT2D eigenvalue weighted by Crippen LogP contribution is -2.44. The van der Waals surface area contributed by atoms with Gasteiger partial charge in [-0.3, -0.25) is 14.5 Å². The van der Waals surface area contributed by atoms with Crippen LogP contribution < -0.4 is 5.73 Å². The smallest absolute Gasteiger partial charge is 0.227 e. The fraction of sp³-hybridized carbons (Fsp3) is 0.517. The summed E-state index contributed by atoms with van der Waals surface area (Å²) in [6.45, 7) is 10.2. The molecule has 8 heteroatoms. The first-order valence-electron chi connectivity index (χ1n) is 12.9. The number of benzene rings is 2. The van der Waals surface area contributed by atoms with Crippen LogP contribution in [0.3, 0.4) is 0 Å². The average molecular weight is 532 g/mol. The quantitative estimate of drug-likeness (QED) is 0.559. The number of hydrogen-bond donors (Lipinski definition) is 1. The van der Waals surface area contributed by atoms with Gasteiger partial charge in [-0.1, -0.05) is 23.7 Å². The summed E-state index contributed by atoms with van der Waals surface area (Å²) in [7, 11) is 0. The van der Waals surface area contributed by atoms with Crippen molar-refractivity contribution in [3.63, 3.8) is 0 Å². The Morgan fingerprint density at radius 3 is 2.27 bits per heavy atom. The van der Waals surface area contributed by atoms with E-state index in [9.17, 15) is 18.4 Å². The topological polar surface area (TPSA) is 66.6 Å². The minimum Gasteiger partial charge on any atom is -0.369 e. The number of carbonyl (C=O) groups excluding carboxylic acids is 2. The molecule has 0 radical (unpaired) electrons. The van der Waals surface area contributed by atoms with Crippen LogP contribution >= 0.6 is 11.6 Å². The SMILES string of the molecule is C[C@@H](C(N)=O)c1cc(Cl)ccc1C1CCN(C(=O)C2CN(C(C)(C)C)CC2c2ccc(F)cc2F)CC1. The number of hydrogen-bond acceptors (Lipinski definition) is 3. The van der Waals surface area contributed by atoms with Gasteiger partial charge in [0.2, 0.25) is 11.8 Å². The van der Waals surface area contributed by atoms with E-state index in [-0.39, 0.29) is 23.3 Å². The molecule has 2 N–H and O–H groups in total. The third-order valence-corrected chi connectivity index (χ3v) is 8.37. The molecule has 2 fully saturated rings. The molecule has 37 heavy (non-hydrogen) atoms. The minimum absolute atomic E-state index is 0.0146. The molecule has 2 saturated heterocycles. The average Bonchev–Trinajstić information content (AvgIpc) is 3.29. The Bertz CT molecular complexity index is 1170. The second kappa shape index (κ2) is 10.7. The van der Waals surface area contributed by atoms with E-state index >= 15 is 0 Å². The number of nitrogens with two attached hydrogens (primary N) is 1. The molecule has 2 aliphatic rings. The highest BCUT2D eigenvalue weighted by Crippen LogP contribution is 2.40. The van der Waals surface area contributed by atoms with Crippen molar-refractivity contribution in [2.75, 3.05) is 26.2 Å². The molecule has 2 heterocycles. The van der Waals surface area contributed by atoms with E-state index in [1.54, 1.807) is 6.92 Å². The van der Waals surface area contributed by atoms with Crippen LogP contribution in [0.15, 0.2) is 36.4 Å². The van der Waals surface area contributed by atoms with E-state index in [1.165, 1.54) is 12.1 Å². The van der Waals surface area contributed by atoms with Crippen LogP contribution in [0.1, 0.15) is 75.0 Å².